The van der Waals surface area contributed by atoms with Gasteiger partial charge in [0.15, 0.2) is 0 Å². The van der Waals surface area contributed by atoms with Gasteiger partial charge in [-0.15, -0.1) is 0 Å². The maximum Gasteiger partial charge on any atom is 0.269 e. The summed E-state index contributed by atoms with van der Waals surface area (Å²) >= 11 is 0. The molecule has 0 saturated heterocycles. The monoisotopic (exact) mass is 330 g/mol. The van der Waals surface area contributed by atoms with Crippen LogP contribution in [-0.2, 0) is 7.05 Å². The highest BCUT2D eigenvalue weighted by atomic mass is 16.5. The number of nitrogens with zero attached hydrogens (tertiary/aromatic N) is 2. The van der Waals surface area contributed by atoms with Gasteiger partial charge < -0.3 is 15.8 Å². The molecule has 2 amide bonds. The van der Waals surface area contributed by atoms with Crippen molar-refractivity contribution in [3.63, 3.8) is 0 Å². The molecule has 0 bridgehead atoms. The Bertz CT molecular complexity index is 765. The molecule has 1 aromatic carbocycles. The van der Waals surface area contributed by atoms with Crippen LogP contribution in [0.4, 0.5) is 5.69 Å². The van der Waals surface area contributed by atoms with E-state index in [-0.39, 0.29) is 17.5 Å². The Balaban J connectivity index is 2.44. The molecule has 7 heteroatoms. The minimum absolute atomic E-state index is 0.0155. The number of ether oxygens (including phenoxy) is 1. The summed E-state index contributed by atoms with van der Waals surface area (Å²) in [6, 6.07) is 6.93. The van der Waals surface area contributed by atoms with Crippen LogP contribution < -0.4 is 15.8 Å². The predicted octanol–water partition coefficient (Wildman–Crippen LogP) is 2.29. The van der Waals surface area contributed by atoms with E-state index in [2.05, 4.69) is 10.4 Å². The van der Waals surface area contributed by atoms with E-state index in [0.29, 0.717) is 29.3 Å². The number of benzene rings is 1. The lowest BCUT2D eigenvalue weighted by Gasteiger charge is -2.12. The Hall–Kier alpha value is -2.83. The molecule has 2 rings (SSSR count). The summed E-state index contributed by atoms with van der Waals surface area (Å²) in [7, 11) is 1.62. The number of rotatable bonds is 6. The van der Waals surface area contributed by atoms with Crippen LogP contribution in [0.5, 0.6) is 5.75 Å². The standard InChI is InChI=1S/C17H22N4O3/c1-5-24-12-9-7-6-8-11(12)17(23)19-14-13(10(2)3)20-21(4)15(14)16(18)22/h6-10H,5H2,1-4H3,(H2,18,22)(H,19,23). The summed E-state index contributed by atoms with van der Waals surface area (Å²) < 4.78 is 6.87. The Morgan fingerprint density at radius 1 is 1.33 bits per heavy atom. The molecule has 0 unspecified atom stereocenters. The number of aryl methyl sites for hydroxylation is 1. The van der Waals surface area contributed by atoms with Crippen molar-refractivity contribution >= 4 is 17.5 Å². The molecule has 1 aromatic heterocycles. The highest BCUT2D eigenvalue weighted by Crippen LogP contribution is 2.28. The van der Waals surface area contributed by atoms with Crippen LogP contribution in [0.1, 0.15) is 53.2 Å². The smallest absolute Gasteiger partial charge is 0.269 e. The molecule has 0 saturated carbocycles. The Kier molecular flexibility index (Phi) is 5.23. The van der Waals surface area contributed by atoms with Crippen LogP contribution in [-0.4, -0.2) is 28.2 Å². The largest absolute Gasteiger partial charge is 0.493 e. The second-order valence-electron chi connectivity index (χ2n) is 5.63. The molecule has 0 fully saturated rings. The topological polar surface area (TPSA) is 99.2 Å². The molecule has 7 nitrogen and oxygen atoms in total. The number of para-hydroxylation sites is 1. The molecule has 24 heavy (non-hydrogen) atoms. The van der Waals surface area contributed by atoms with Crippen LogP contribution in [0.15, 0.2) is 24.3 Å². The fraction of sp³-hybridized carbons (Fsp3) is 0.353. The average Bonchev–Trinajstić information content (AvgIpc) is 2.84. The minimum atomic E-state index is -0.648. The molecule has 2 aromatic rings. The first-order chi connectivity index (χ1) is 11.4. The number of aromatic nitrogens is 2. The first kappa shape index (κ1) is 17.5. The van der Waals surface area contributed by atoms with Gasteiger partial charge in [-0.3, -0.25) is 14.3 Å². The van der Waals surface area contributed by atoms with Crippen molar-refractivity contribution in [1.82, 2.24) is 9.78 Å². The highest BCUT2D eigenvalue weighted by Gasteiger charge is 2.24. The lowest BCUT2D eigenvalue weighted by molar-refractivity contribution is 0.0992. The van der Waals surface area contributed by atoms with Crippen molar-refractivity contribution in [2.24, 2.45) is 12.8 Å². The van der Waals surface area contributed by atoms with E-state index in [0.717, 1.165) is 0 Å². The van der Waals surface area contributed by atoms with Crippen molar-refractivity contribution < 1.29 is 14.3 Å². The third kappa shape index (κ3) is 3.40. The summed E-state index contributed by atoms with van der Waals surface area (Å²) in [6.45, 7) is 6.15. The normalized spacial score (nSPS) is 10.7. The number of anilines is 1. The van der Waals surface area contributed by atoms with Crippen LogP contribution in [0.2, 0.25) is 0 Å². The molecule has 0 aliphatic heterocycles. The number of amides is 2. The Labute approximate surface area is 140 Å². The van der Waals surface area contributed by atoms with E-state index in [9.17, 15) is 9.59 Å². The van der Waals surface area contributed by atoms with Crippen molar-refractivity contribution in [3.05, 3.63) is 41.2 Å². The van der Waals surface area contributed by atoms with Crippen LogP contribution in [0.3, 0.4) is 0 Å². The van der Waals surface area contributed by atoms with Crippen LogP contribution >= 0.6 is 0 Å². The fourth-order valence-electron chi connectivity index (χ4n) is 2.47. The Morgan fingerprint density at radius 2 is 2.00 bits per heavy atom. The molecule has 0 radical (unpaired) electrons. The van der Waals surface area contributed by atoms with Gasteiger partial charge in [-0.1, -0.05) is 26.0 Å². The second-order valence-corrected chi connectivity index (χ2v) is 5.63. The molecule has 0 aliphatic carbocycles. The van der Waals surface area contributed by atoms with Gasteiger partial charge in [0.2, 0.25) is 0 Å². The number of carbonyl (C=O) groups is 2. The van der Waals surface area contributed by atoms with Gasteiger partial charge in [-0.2, -0.15) is 5.10 Å². The SMILES string of the molecule is CCOc1ccccc1C(=O)Nc1c(C(C)C)nn(C)c1C(N)=O. The summed E-state index contributed by atoms with van der Waals surface area (Å²) in [4.78, 5) is 24.4. The summed E-state index contributed by atoms with van der Waals surface area (Å²) in [5.74, 6) is -0.531. The second kappa shape index (κ2) is 7.16. The first-order valence-corrected chi connectivity index (χ1v) is 7.76. The molecule has 0 spiro atoms. The van der Waals surface area contributed by atoms with E-state index >= 15 is 0 Å². The lowest BCUT2D eigenvalue weighted by atomic mass is 10.1. The highest BCUT2D eigenvalue weighted by molar-refractivity contribution is 6.10. The zero-order valence-electron chi connectivity index (χ0n) is 14.3. The lowest BCUT2D eigenvalue weighted by Crippen LogP contribution is -2.21. The van der Waals surface area contributed by atoms with E-state index in [4.69, 9.17) is 10.5 Å². The molecule has 0 atom stereocenters. The number of carbonyl (C=O) groups excluding carboxylic acids is 2. The van der Waals surface area contributed by atoms with Crippen molar-refractivity contribution in [3.8, 4) is 5.75 Å². The number of nitrogens with one attached hydrogen (secondary N) is 1. The van der Waals surface area contributed by atoms with Gasteiger partial charge in [0.05, 0.1) is 23.6 Å². The van der Waals surface area contributed by atoms with Crippen molar-refractivity contribution in [1.29, 1.82) is 0 Å². The van der Waals surface area contributed by atoms with Gasteiger partial charge >= 0.3 is 0 Å². The molecule has 128 valence electrons. The van der Waals surface area contributed by atoms with E-state index < -0.39 is 5.91 Å². The molecular formula is C17H22N4O3. The van der Waals surface area contributed by atoms with Gasteiger partial charge in [0, 0.05) is 7.05 Å². The predicted molar refractivity (Wildman–Crippen MR) is 91.4 cm³/mol. The van der Waals surface area contributed by atoms with E-state index in [1.165, 1.54) is 4.68 Å². The molecular weight excluding hydrogens is 308 g/mol. The zero-order chi connectivity index (χ0) is 17.9. The molecule has 3 N–H and O–H groups in total. The van der Waals surface area contributed by atoms with Gasteiger partial charge in [0.1, 0.15) is 11.4 Å². The molecule has 0 aliphatic rings. The summed E-state index contributed by atoms with van der Waals surface area (Å²) in [5.41, 5.74) is 6.94. The van der Waals surface area contributed by atoms with Crippen LogP contribution in [0, 0.1) is 0 Å². The fourth-order valence-corrected chi connectivity index (χ4v) is 2.47. The van der Waals surface area contributed by atoms with Gasteiger partial charge in [0.25, 0.3) is 11.8 Å². The van der Waals surface area contributed by atoms with E-state index in [1.807, 2.05) is 20.8 Å². The third-order valence-corrected chi connectivity index (χ3v) is 3.52. The Morgan fingerprint density at radius 3 is 2.58 bits per heavy atom. The first-order valence-electron chi connectivity index (χ1n) is 7.76. The number of nitrogens with two attached hydrogens (primary N) is 1. The maximum absolute atomic E-state index is 12.7. The van der Waals surface area contributed by atoms with Gasteiger partial charge in [-0.05, 0) is 25.0 Å². The van der Waals surface area contributed by atoms with Gasteiger partial charge in [-0.25, -0.2) is 0 Å². The number of hydrogen-bond donors (Lipinski definition) is 2. The number of primary amides is 1. The quantitative estimate of drug-likeness (QED) is 0.849. The summed E-state index contributed by atoms with van der Waals surface area (Å²) in [5, 5.41) is 7.08. The maximum atomic E-state index is 12.7. The number of hydrogen-bond acceptors (Lipinski definition) is 4. The minimum Gasteiger partial charge on any atom is -0.493 e. The van der Waals surface area contributed by atoms with Crippen molar-refractivity contribution in [2.45, 2.75) is 26.7 Å². The van der Waals surface area contributed by atoms with Crippen LogP contribution in [0.25, 0.3) is 0 Å². The third-order valence-electron chi connectivity index (χ3n) is 3.52. The van der Waals surface area contributed by atoms with Crippen molar-refractivity contribution in [2.75, 3.05) is 11.9 Å². The zero-order valence-corrected chi connectivity index (χ0v) is 14.3. The summed E-state index contributed by atoms with van der Waals surface area (Å²) in [6.07, 6.45) is 0. The average molecular weight is 330 g/mol. The van der Waals surface area contributed by atoms with E-state index in [1.54, 1.807) is 31.3 Å². The molecule has 1 heterocycles.